The summed E-state index contributed by atoms with van der Waals surface area (Å²) in [5, 5.41) is 0.583. The van der Waals surface area contributed by atoms with Crippen molar-refractivity contribution in [2.45, 2.75) is 37.8 Å². The third-order valence-corrected chi connectivity index (χ3v) is 6.10. The van der Waals surface area contributed by atoms with Gasteiger partial charge >= 0.3 is 0 Å². The summed E-state index contributed by atoms with van der Waals surface area (Å²) in [6.07, 6.45) is 3.70. The topological polar surface area (TPSA) is 49.6 Å². The van der Waals surface area contributed by atoms with Gasteiger partial charge in [-0.25, -0.2) is 0 Å². The number of nitrogens with zero attached hydrogens (tertiary/aromatic N) is 2. The molecule has 0 unspecified atom stereocenters. The van der Waals surface area contributed by atoms with E-state index in [0.717, 1.165) is 12.1 Å². The van der Waals surface area contributed by atoms with E-state index in [-0.39, 0.29) is 5.91 Å². The van der Waals surface area contributed by atoms with E-state index in [4.69, 9.17) is 17.3 Å². The van der Waals surface area contributed by atoms with Gasteiger partial charge in [-0.1, -0.05) is 35.9 Å². The van der Waals surface area contributed by atoms with Crippen LogP contribution >= 0.6 is 11.6 Å². The highest BCUT2D eigenvalue weighted by Crippen LogP contribution is 2.51. The van der Waals surface area contributed by atoms with Crippen molar-refractivity contribution in [3.05, 3.63) is 63.7 Å². The summed E-state index contributed by atoms with van der Waals surface area (Å²) in [5.74, 6) is -0.00156. The fraction of sp³-hybridized carbons (Fsp3) is 0.409. The lowest BCUT2D eigenvalue weighted by molar-refractivity contribution is 0.0767. The van der Waals surface area contributed by atoms with Gasteiger partial charge in [0.05, 0.1) is 5.56 Å². The molecule has 1 fully saturated rings. The lowest BCUT2D eigenvalue weighted by Gasteiger charge is -2.21. The molecule has 1 saturated carbocycles. The van der Waals surface area contributed by atoms with Gasteiger partial charge in [-0.05, 0) is 74.1 Å². The standard InChI is InChI=1S/C22H26ClN3O/c1-25(2)9-8-22(6-7-22)17-5-3-4-15(10-17)13-26-14-16-11-18(23)12-19(24)20(16)21(26)27/h3-5,10-12H,6-9,13-14,24H2,1-2H3. The molecule has 0 atom stereocenters. The SMILES string of the molecule is CN(C)CCC1(c2cccc(CN3Cc4cc(Cl)cc(N)c4C3=O)c2)CC1. The van der Waals surface area contributed by atoms with E-state index in [2.05, 4.69) is 43.3 Å². The van der Waals surface area contributed by atoms with Crippen molar-refractivity contribution in [3.63, 3.8) is 0 Å². The van der Waals surface area contributed by atoms with Crippen molar-refractivity contribution < 1.29 is 4.79 Å². The predicted molar refractivity (Wildman–Crippen MR) is 110 cm³/mol. The minimum atomic E-state index is -0.00156. The van der Waals surface area contributed by atoms with E-state index in [1.165, 1.54) is 30.4 Å². The quantitative estimate of drug-likeness (QED) is 0.765. The minimum Gasteiger partial charge on any atom is -0.398 e. The molecule has 2 aliphatic rings. The maximum Gasteiger partial charge on any atom is 0.256 e. The first-order valence-electron chi connectivity index (χ1n) is 9.49. The number of nitrogens with two attached hydrogens (primary N) is 1. The summed E-state index contributed by atoms with van der Waals surface area (Å²) in [6.45, 7) is 2.27. The van der Waals surface area contributed by atoms with Gasteiger partial charge in [0.15, 0.2) is 0 Å². The Labute approximate surface area is 165 Å². The van der Waals surface area contributed by atoms with Crippen LogP contribution in [0.4, 0.5) is 5.69 Å². The second-order valence-corrected chi connectivity index (χ2v) is 8.66. The highest BCUT2D eigenvalue weighted by atomic mass is 35.5. The van der Waals surface area contributed by atoms with E-state index in [1.807, 2.05) is 11.0 Å². The van der Waals surface area contributed by atoms with Gasteiger partial charge in [0.25, 0.3) is 5.91 Å². The zero-order chi connectivity index (χ0) is 19.2. The predicted octanol–water partition coefficient (Wildman–Crippen LogP) is 4.06. The third-order valence-electron chi connectivity index (χ3n) is 5.88. The summed E-state index contributed by atoms with van der Waals surface area (Å²) in [7, 11) is 4.25. The molecular formula is C22H26ClN3O. The van der Waals surface area contributed by atoms with Crippen LogP contribution in [0.1, 0.15) is 46.3 Å². The Hall–Kier alpha value is -2.04. The molecule has 0 spiro atoms. The van der Waals surface area contributed by atoms with Crippen molar-refractivity contribution in [2.24, 2.45) is 0 Å². The van der Waals surface area contributed by atoms with Crippen LogP contribution in [-0.4, -0.2) is 36.3 Å². The average molecular weight is 384 g/mol. The molecular weight excluding hydrogens is 358 g/mol. The maximum absolute atomic E-state index is 12.8. The lowest BCUT2D eigenvalue weighted by atomic mass is 9.91. The Bertz CT molecular complexity index is 889. The van der Waals surface area contributed by atoms with Gasteiger partial charge < -0.3 is 15.5 Å². The molecule has 142 valence electrons. The summed E-state index contributed by atoms with van der Waals surface area (Å²) < 4.78 is 0. The van der Waals surface area contributed by atoms with Crippen LogP contribution in [-0.2, 0) is 18.5 Å². The molecule has 27 heavy (non-hydrogen) atoms. The summed E-state index contributed by atoms with van der Waals surface area (Å²) in [5.41, 5.74) is 11.0. The fourth-order valence-electron chi connectivity index (χ4n) is 4.13. The van der Waals surface area contributed by atoms with Crippen LogP contribution in [0.15, 0.2) is 36.4 Å². The number of anilines is 1. The van der Waals surface area contributed by atoms with Gasteiger partial charge in [0.2, 0.25) is 0 Å². The Morgan fingerprint density at radius 1 is 1.22 bits per heavy atom. The number of carbonyl (C=O) groups is 1. The highest BCUT2D eigenvalue weighted by Gasteiger charge is 2.43. The molecule has 2 N–H and O–H groups in total. The number of carbonyl (C=O) groups excluding carboxylic acids is 1. The monoisotopic (exact) mass is 383 g/mol. The summed E-state index contributed by atoms with van der Waals surface area (Å²) >= 11 is 6.10. The van der Waals surface area contributed by atoms with Crippen molar-refractivity contribution in [3.8, 4) is 0 Å². The van der Waals surface area contributed by atoms with Gasteiger partial charge in [-0.15, -0.1) is 0 Å². The van der Waals surface area contributed by atoms with Crippen LogP contribution in [0, 0.1) is 0 Å². The number of rotatable bonds is 6. The Balaban J connectivity index is 1.52. The molecule has 1 aliphatic carbocycles. The smallest absolute Gasteiger partial charge is 0.256 e. The van der Waals surface area contributed by atoms with E-state index < -0.39 is 0 Å². The molecule has 0 radical (unpaired) electrons. The Morgan fingerprint density at radius 2 is 2.00 bits per heavy atom. The van der Waals surface area contributed by atoms with Crippen LogP contribution in [0.25, 0.3) is 0 Å². The minimum absolute atomic E-state index is 0.00156. The Morgan fingerprint density at radius 3 is 2.70 bits per heavy atom. The number of nitrogen functional groups attached to an aromatic ring is 1. The molecule has 2 aromatic carbocycles. The lowest BCUT2D eigenvalue weighted by Crippen LogP contribution is -2.24. The van der Waals surface area contributed by atoms with E-state index in [0.29, 0.717) is 34.8 Å². The molecule has 1 aliphatic heterocycles. The van der Waals surface area contributed by atoms with Crippen LogP contribution < -0.4 is 5.73 Å². The third kappa shape index (κ3) is 3.56. The molecule has 1 heterocycles. The Kier molecular flexibility index (Phi) is 4.65. The first-order valence-corrected chi connectivity index (χ1v) is 9.87. The molecule has 0 bridgehead atoms. The van der Waals surface area contributed by atoms with Crippen molar-refractivity contribution >= 4 is 23.2 Å². The van der Waals surface area contributed by atoms with Crippen LogP contribution in [0.3, 0.4) is 0 Å². The molecule has 0 saturated heterocycles. The van der Waals surface area contributed by atoms with E-state index in [9.17, 15) is 4.79 Å². The molecule has 4 rings (SSSR count). The normalized spacial score (nSPS) is 17.5. The first kappa shape index (κ1) is 18.3. The second kappa shape index (κ2) is 6.84. The van der Waals surface area contributed by atoms with Gasteiger partial charge in [0, 0.05) is 23.8 Å². The van der Waals surface area contributed by atoms with Crippen LogP contribution in [0.5, 0.6) is 0 Å². The zero-order valence-electron chi connectivity index (χ0n) is 16.0. The first-order chi connectivity index (χ1) is 12.9. The molecule has 0 aromatic heterocycles. The maximum atomic E-state index is 12.8. The number of benzene rings is 2. The molecule has 5 heteroatoms. The molecule has 1 amide bonds. The number of halogens is 1. The average Bonchev–Trinajstić information content (AvgIpc) is 3.34. The zero-order valence-corrected chi connectivity index (χ0v) is 16.7. The van der Waals surface area contributed by atoms with E-state index >= 15 is 0 Å². The molecule has 2 aromatic rings. The number of hydrogen-bond acceptors (Lipinski definition) is 3. The van der Waals surface area contributed by atoms with Crippen LogP contribution in [0.2, 0.25) is 5.02 Å². The number of hydrogen-bond donors (Lipinski definition) is 1. The van der Waals surface area contributed by atoms with Gasteiger partial charge in [0.1, 0.15) is 0 Å². The van der Waals surface area contributed by atoms with E-state index in [1.54, 1.807) is 6.07 Å². The van der Waals surface area contributed by atoms with Crippen molar-refractivity contribution in [1.82, 2.24) is 9.80 Å². The highest BCUT2D eigenvalue weighted by molar-refractivity contribution is 6.31. The largest absolute Gasteiger partial charge is 0.398 e. The fourth-order valence-corrected chi connectivity index (χ4v) is 4.38. The van der Waals surface area contributed by atoms with Crippen molar-refractivity contribution in [1.29, 1.82) is 0 Å². The summed E-state index contributed by atoms with van der Waals surface area (Å²) in [6, 6.07) is 12.3. The van der Waals surface area contributed by atoms with Gasteiger partial charge in [-0.2, -0.15) is 0 Å². The second-order valence-electron chi connectivity index (χ2n) is 8.22. The number of fused-ring (bicyclic) bond motifs is 1. The van der Waals surface area contributed by atoms with Gasteiger partial charge in [-0.3, -0.25) is 4.79 Å². The van der Waals surface area contributed by atoms with Crippen molar-refractivity contribution in [2.75, 3.05) is 26.4 Å². The summed E-state index contributed by atoms with van der Waals surface area (Å²) in [4.78, 5) is 16.9. The molecule has 4 nitrogen and oxygen atoms in total. The number of amides is 1.